The molecule has 1 N–H and O–H groups in total. The zero-order valence-corrected chi connectivity index (χ0v) is 12.9. The standard InChI is InChI=1S/C18H28N2/c1-3-18(4-2)14-19-17(16-8-6-5-7-9-16)13-20(18)12-15-10-11-15/h5-9,15,17,19H,3-4,10-14H2,1-2H3. The van der Waals surface area contributed by atoms with Crippen molar-refractivity contribution in [3.63, 3.8) is 0 Å². The molecule has 110 valence electrons. The molecule has 1 unspecified atom stereocenters. The lowest BCUT2D eigenvalue weighted by Crippen LogP contribution is -2.61. The van der Waals surface area contributed by atoms with Crippen LogP contribution in [0.5, 0.6) is 0 Å². The highest BCUT2D eigenvalue weighted by atomic mass is 15.3. The number of benzene rings is 1. The molecule has 1 saturated carbocycles. The monoisotopic (exact) mass is 272 g/mol. The van der Waals surface area contributed by atoms with E-state index in [2.05, 4.69) is 54.4 Å². The molecule has 1 aromatic carbocycles. The van der Waals surface area contributed by atoms with Crippen molar-refractivity contribution in [2.45, 2.75) is 51.1 Å². The fourth-order valence-corrected chi connectivity index (χ4v) is 3.64. The van der Waals surface area contributed by atoms with Gasteiger partial charge in [0, 0.05) is 31.2 Å². The summed E-state index contributed by atoms with van der Waals surface area (Å²) in [6.45, 7) is 8.32. The molecule has 1 aliphatic heterocycles. The molecule has 1 heterocycles. The van der Waals surface area contributed by atoms with Crippen molar-refractivity contribution < 1.29 is 0 Å². The molecule has 3 rings (SSSR count). The van der Waals surface area contributed by atoms with Gasteiger partial charge in [0.05, 0.1) is 0 Å². The van der Waals surface area contributed by atoms with E-state index in [-0.39, 0.29) is 0 Å². The fraction of sp³-hybridized carbons (Fsp3) is 0.667. The highest BCUT2D eigenvalue weighted by Crippen LogP contribution is 2.37. The van der Waals surface area contributed by atoms with E-state index in [9.17, 15) is 0 Å². The Hall–Kier alpha value is -0.860. The van der Waals surface area contributed by atoms with Gasteiger partial charge in [-0.2, -0.15) is 0 Å². The van der Waals surface area contributed by atoms with Crippen LogP contribution in [0.1, 0.15) is 51.1 Å². The van der Waals surface area contributed by atoms with Gasteiger partial charge in [-0.25, -0.2) is 0 Å². The first-order valence-corrected chi connectivity index (χ1v) is 8.31. The van der Waals surface area contributed by atoms with E-state index in [1.807, 2.05) is 0 Å². The number of piperazine rings is 1. The number of nitrogens with one attached hydrogen (secondary N) is 1. The smallest absolute Gasteiger partial charge is 0.0450 e. The lowest BCUT2D eigenvalue weighted by Gasteiger charge is -2.50. The Balaban J connectivity index is 1.76. The van der Waals surface area contributed by atoms with E-state index < -0.39 is 0 Å². The van der Waals surface area contributed by atoms with Gasteiger partial charge in [0.15, 0.2) is 0 Å². The molecule has 2 nitrogen and oxygen atoms in total. The van der Waals surface area contributed by atoms with Crippen molar-refractivity contribution >= 4 is 0 Å². The van der Waals surface area contributed by atoms with Crippen LogP contribution in [-0.4, -0.2) is 30.1 Å². The van der Waals surface area contributed by atoms with Crippen LogP contribution in [0.15, 0.2) is 30.3 Å². The molecule has 0 spiro atoms. The lowest BCUT2D eigenvalue weighted by molar-refractivity contribution is 0.0273. The van der Waals surface area contributed by atoms with E-state index in [0.717, 1.165) is 12.5 Å². The first-order valence-electron chi connectivity index (χ1n) is 8.31. The Morgan fingerprint density at radius 2 is 1.85 bits per heavy atom. The molecule has 0 radical (unpaired) electrons. The normalized spacial score (nSPS) is 26.6. The van der Waals surface area contributed by atoms with Crippen LogP contribution in [0, 0.1) is 5.92 Å². The van der Waals surface area contributed by atoms with Gasteiger partial charge < -0.3 is 5.32 Å². The summed E-state index contributed by atoms with van der Waals surface area (Å²) in [7, 11) is 0. The molecule has 0 aromatic heterocycles. The van der Waals surface area contributed by atoms with E-state index in [0.29, 0.717) is 11.6 Å². The summed E-state index contributed by atoms with van der Waals surface area (Å²) in [5.41, 5.74) is 1.82. The van der Waals surface area contributed by atoms with Crippen LogP contribution in [-0.2, 0) is 0 Å². The summed E-state index contributed by atoms with van der Waals surface area (Å²) in [6.07, 6.45) is 5.41. The molecule has 0 amide bonds. The molecule has 0 bridgehead atoms. The molecule has 1 atom stereocenters. The maximum Gasteiger partial charge on any atom is 0.0450 e. The van der Waals surface area contributed by atoms with Gasteiger partial charge >= 0.3 is 0 Å². The molecular weight excluding hydrogens is 244 g/mol. The molecule has 2 fully saturated rings. The zero-order valence-electron chi connectivity index (χ0n) is 12.9. The number of rotatable bonds is 5. The minimum atomic E-state index is 0.383. The first kappa shape index (κ1) is 14.1. The second-order valence-electron chi connectivity index (χ2n) is 6.62. The van der Waals surface area contributed by atoms with Gasteiger partial charge in [-0.1, -0.05) is 44.2 Å². The second-order valence-corrected chi connectivity index (χ2v) is 6.62. The van der Waals surface area contributed by atoms with Crippen LogP contribution in [0.25, 0.3) is 0 Å². The molecule has 2 heteroatoms. The van der Waals surface area contributed by atoms with Gasteiger partial charge in [0.25, 0.3) is 0 Å². The van der Waals surface area contributed by atoms with Gasteiger partial charge in [-0.05, 0) is 37.2 Å². The Morgan fingerprint density at radius 3 is 2.45 bits per heavy atom. The van der Waals surface area contributed by atoms with Crippen LogP contribution in [0.2, 0.25) is 0 Å². The van der Waals surface area contributed by atoms with E-state index in [4.69, 9.17) is 0 Å². The second kappa shape index (κ2) is 5.87. The maximum absolute atomic E-state index is 3.81. The molecule has 1 aliphatic carbocycles. The van der Waals surface area contributed by atoms with Crippen molar-refractivity contribution in [2.24, 2.45) is 5.92 Å². The Kier molecular flexibility index (Phi) is 4.13. The zero-order chi connectivity index (χ0) is 14.0. The van der Waals surface area contributed by atoms with E-state index in [1.54, 1.807) is 0 Å². The molecule has 1 saturated heterocycles. The minimum absolute atomic E-state index is 0.383. The quantitative estimate of drug-likeness (QED) is 0.881. The van der Waals surface area contributed by atoms with Crippen LogP contribution < -0.4 is 5.32 Å². The molecule has 1 aromatic rings. The summed E-state index contributed by atoms with van der Waals surface area (Å²) in [6, 6.07) is 11.4. The maximum atomic E-state index is 3.81. The van der Waals surface area contributed by atoms with Crippen molar-refractivity contribution in [3.8, 4) is 0 Å². The number of hydrogen-bond acceptors (Lipinski definition) is 2. The topological polar surface area (TPSA) is 15.3 Å². The SMILES string of the molecule is CCC1(CC)CNC(c2ccccc2)CN1CC1CC1. The largest absolute Gasteiger partial charge is 0.307 e. The Morgan fingerprint density at radius 1 is 1.15 bits per heavy atom. The van der Waals surface area contributed by atoms with E-state index in [1.165, 1.54) is 44.3 Å². The average Bonchev–Trinajstić information content (AvgIpc) is 3.32. The Bertz CT molecular complexity index is 420. The number of nitrogens with zero attached hydrogens (tertiary/aromatic N) is 1. The predicted octanol–water partition coefficient (Wildman–Crippen LogP) is 3.60. The van der Waals surface area contributed by atoms with Crippen molar-refractivity contribution in [3.05, 3.63) is 35.9 Å². The van der Waals surface area contributed by atoms with Crippen molar-refractivity contribution in [2.75, 3.05) is 19.6 Å². The third kappa shape index (κ3) is 2.77. The minimum Gasteiger partial charge on any atom is -0.307 e. The predicted molar refractivity (Wildman–Crippen MR) is 84.8 cm³/mol. The highest BCUT2D eigenvalue weighted by Gasteiger charge is 2.41. The average molecular weight is 272 g/mol. The third-order valence-electron chi connectivity index (χ3n) is 5.44. The van der Waals surface area contributed by atoms with E-state index >= 15 is 0 Å². The Labute approximate surface area is 123 Å². The summed E-state index contributed by atoms with van der Waals surface area (Å²) in [5, 5.41) is 3.81. The molecule has 2 aliphatic rings. The molecule has 20 heavy (non-hydrogen) atoms. The van der Waals surface area contributed by atoms with Crippen LogP contribution in [0.4, 0.5) is 0 Å². The van der Waals surface area contributed by atoms with Gasteiger partial charge in [0.2, 0.25) is 0 Å². The van der Waals surface area contributed by atoms with Crippen molar-refractivity contribution in [1.29, 1.82) is 0 Å². The fourth-order valence-electron chi connectivity index (χ4n) is 3.64. The lowest BCUT2D eigenvalue weighted by atomic mass is 9.86. The van der Waals surface area contributed by atoms with Crippen LogP contribution >= 0.6 is 0 Å². The van der Waals surface area contributed by atoms with Gasteiger partial charge in [-0.3, -0.25) is 4.90 Å². The van der Waals surface area contributed by atoms with Crippen molar-refractivity contribution in [1.82, 2.24) is 10.2 Å². The highest BCUT2D eigenvalue weighted by molar-refractivity contribution is 5.21. The number of hydrogen-bond donors (Lipinski definition) is 1. The molecular formula is C18H28N2. The first-order chi connectivity index (χ1) is 9.77. The third-order valence-corrected chi connectivity index (χ3v) is 5.44. The van der Waals surface area contributed by atoms with Gasteiger partial charge in [0.1, 0.15) is 0 Å². The summed E-state index contributed by atoms with van der Waals surface area (Å²) in [5.74, 6) is 0.974. The van der Waals surface area contributed by atoms with Gasteiger partial charge in [-0.15, -0.1) is 0 Å². The summed E-state index contributed by atoms with van der Waals surface area (Å²) < 4.78 is 0. The summed E-state index contributed by atoms with van der Waals surface area (Å²) in [4.78, 5) is 2.80. The van der Waals surface area contributed by atoms with Crippen LogP contribution in [0.3, 0.4) is 0 Å². The summed E-state index contributed by atoms with van der Waals surface area (Å²) >= 11 is 0.